The van der Waals surface area contributed by atoms with Crippen LogP contribution in [0.5, 0.6) is 0 Å². The number of nitro benzene ring substituents is 1. The fourth-order valence-corrected chi connectivity index (χ4v) is 4.74. The van der Waals surface area contributed by atoms with Crippen LogP contribution < -0.4 is 21.2 Å². The van der Waals surface area contributed by atoms with E-state index in [2.05, 4.69) is 10.6 Å². The third-order valence-corrected chi connectivity index (χ3v) is 6.63. The Labute approximate surface area is 228 Å². The van der Waals surface area contributed by atoms with E-state index in [1.165, 1.54) is 12.1 Å². The maximum atomic E-state index is 13.2. The molecule has 2 N–H and O–H groups in total. The predicted octanol–water partition coefficient (Wildman–Crippen LogP) is 4.64. The number of ether oxygens (including phenoxy) is 1. The number of hydrogen-bond acceptors (Lipinski definition) is 8. The third-order valence-electron chi connectivity index (χ3n) is 6.43. The lowest BCUT2D eigenvalue weighted by Gasteiger charge is -2.30. The molecule has 1 saturated heterocycles. The molecule has 1 aliphatic rings. The molecule has 1 aliphatic heterocycles. The summed E-state index contributed by atoms with van der Waals surface area (Å²) in [5.74, 6) is -0.570. The highest BCUT2D eigenvalue weighted by Crippen LogP contribution is 2.28. The zero-order chi connectivity index (χ0) is 27.5. The number of thiocarbonyl (C=S) groups is 1. The molecule has 5 rings (SSSR count). The van der Waals surface area contributed by atoms with E-state index in [0.717, 1.165) is 10.9 Å². The summed E-state index contributed by atoms with van der Waals surface area (Å²) in [5, 5.41) is 17.8. The SMILES string of the molecule is Cc1cc(NC(=S)NC(=O)c2cc([N+](=O)[O-])ccc2N2CCOCC2)ccc1-c1cc2ccccc2oc1=O. The monoisotopic (exact) mass is 544 g/mol. The van der Waals surface area contributed by atoms with Crippen molar-refractivity contribution in [3.05, 3.63) is 98.4 Å². The minimum Gasteiger partial charge on any atom is -0.422 e. The molecule has 10 nitrogen and oxygen atoms in total. The van der Waals surface area contributed by atoms with E-state index in [-0.39, 0.29) is 16.4 Å². The first-order valence-corrected chi connectivity index (χ1v) is 12.6. The predicted molar refractivity (Wildman–Crippen MR) is 152 cm³/mol. The quantitative estimate of drug-likeness (QED) is 0.160. The van der Waals surface area contributed by atoms with Gasteiger partial charge in [0.05, 0.1) is 35.0 Å². The van der Waals surface area contributed by atoms with E-state index in [1.807, 2.05) is 24.0 Å². The topological polar surface area (TPSA) is 127 Å². The van der Waals surface area contributed by atoms with Gasteiger partial charge in [0.25, 0.3) is 11.6 Å². The standard InChI is InChI=1S/C28H24N4O6S/c1-17-14-19(6-8-21(17)22-15-18-4-2-3-5-25(18)38-27(22)34)29-28(39)30-26(33)23-16-20(32(35)36)7-9-24(23)31-10-12-37-13-11-31/h2-9,14-16H,10-13H2,1H3,(H2,29,30,33,39). The number of carbonyl (C=O) groups excluding carboxylic acids is 1. The van der Waals surface area contributed by atoms with Crippen molar-refractivity contribution in [2.75, 3.05) is 36.5 Å². The molecule has 1 aromatic heterocycles. The van der Waals surface area contributed by atoms with Gasteiger partial charge in [0.1, 0.15) is 5.58 Å². The number of anilines is 2. The van der Waals surface area contributed by atoms with Crippen molar-refractivity contribution in [1.82, 2.24) is 5.32 Å². The molecule has 0 aliphatic carbocycles. The summed E-state index contributed by atoms with van der Waals surface area (Å²) < 4.78 is 10.8. The second-order valence-corrected chi connectivity index (χ2v) is 9.39. The maximum absolute atomic E-state index is 13.2. The molecule has 4 aromatic rings. The zero-order valence-electron chi connectivity index (χ0n) is 20.9. The number of benzene rings is 3. The molecule has 2 heterocycles. The van der Waals surface area contributed by atoms with E-state index >= 15 is 0 Å². The molecule has 0 spiro atoms. The number of fused-ring (bicyclic) bond motifs is 1. The Hall–Kier alpha value is -4.61. The molecule has 0 radical (unpaired) electrons. The van der Waals surface area contributed by atoms with Gasteiger partial charge in [0, 0.05) is 36.3 Å². The van der Waals surface area contributed by atoms with Gasteiger partial charge in [0.2, 0.25) is 0 Å². The third kappa shape index (κ3) is 5.64. The van der Waals surface area contributed by atoms with Gasteiger partial charge < -0.3 is 19.4 Å². The van der Waals surface area contributed by atoms with Crippen molar-refractivity contribution in [3.8, 4) is 11.1 Å². The van der Waals surface area contributed by atoms with E-state index < -0.39 is 16.5 Å². The average Bonchev–Trinajstić information content (AvgIpc) is 2.93. The van der Waals surface area contributed by atoms with Crippen molar-refractivity contribution >= 4 is 51.3 Å². The number of non-ortho nitro benzene ring substituents is 1. The number of amides is 1. The minimum absolute atomic E-state index is 0.0248. The van der Waals surface area contributed by atoms with Gasteiger partial charge >= 0.3 is 5.63 Å². The number of para-hydroxylation sites is 1. The summed E-state index contributed by atoms with van der Waals surface area (Å²) in [5.41, 5.74) is 3.14. The number of hydrogen-bond donors (Lipinski definition) is 2. The zero-order valence-corrected chi connectivity index (χ0v) is 21.7. The lowest BCUT2D eigenvalue weighted by Crippen LogP contribution is -2.39. The van der Waals surface area contributed by atoms with Crippen molar-refractivity contribution < 1.29 is 18.9 Å². The van der Waals surface area contributed by atoms with Gasteiger partial charge in [-0.3, -0.25) is 20.2 Å². The first kappa shape index (κ1) is 26.0. The molecule has 1 fully saturated rings. The first-order valence-electron chi connectivity index (χ1n) is 12.2. The van der Waals surface area contributed by atoms with Crippen LogP contribution >= 0.6 is 12.2 Å². The fourth-order valence-electron chi connectivity index (χ4n) is 4.53. The van der Waals surface area contributed by atoms with Crippen LogP contribution in [-0.4, -0.2) is 42.2 Å². The first-order chi connectivity index (χ1) is 18.8. The number of nitro groups is 1. The van der Waals surface area contributed by atoms with Gasteiger partial charge in [-0.25, -0.2) is 4.79 Å². The Kier molecular flexibility index (Phi) is 7.35. The summed E-state index contributed by atoms with van der Waals surface area (Å²) in [6, 6.07) is 18.6. The molecule has 0 saturated carbocycles. The molecular formula is C28H24N4O6S. The number of morpholine rings is 1. The molecule has 3 aromatic carbocycles. The Morgan fingerprint density at radius 1 is 1.03 bits per heavy atom. The van der Waals surface area contributed by atoms with Gasteiger partial charge in [0.15, 0.2) is 5.11 Å². The Morgan fingerprint density at radius 2 is 1.79 bits per heavy atom. The smallest absolute Gasteiger partial charge is 0.344 e. The number of aryl methyl sites for hydroxylation is 1. The molecule has 0 unspecified atom stereocenters. The molecule has 198 valence electrons. The van der Waals surface area contributed by atoms with Crippen LogP contribution in [0.15, 0.2) is 75.9 Å². The second-order valence-electron chi connectivity index (χ2n) is 8.98. The Morgan fingerprint density at radius 3 is 2.54 bits per heavy atom. The summed E-state index contributed by atoms with van der Waals surface area (Å²) in [4.78, 5) is 38.5. The van der Waals surface area contributed by atoms with Crippen molar-refractivity contribution in [2.24, 2.45) is 0 Å². The fraction of sp³-hybridized carbons (Fsp3) is 0.179. The summed E-state index contributed by atoms with van der Waals surface area (Å²) in [7, 11) is 0. The van der Waals surface area contributed by atoms with Crippen LogP contribution in [-0.2, 0) is 4.74 Å². The second kappa shape index (κ2) is 11.0. The van der Waals surface area contributed by atoms with Crippen molar-refractivity contribution in [3.63, 3.8) is 0 Å². The molecular weight excluding hydrogens is 520 g/mol. The molecule has 0 bridgehead atoms. The number of rotatable bonds is 5. The minimum atomic E-state index is -0.570. The van der Waals surface area contributed by atoms with Crippen LogP contribution in [0.25, 0.3) is 22.1 Å². The molecule has 1 amide bonds. The van der Waals surface area contributed by atoms with E-state index in [0.29, 0.717) is 54.4 Å². The lowest BCUT2D eigenvalue weighted by atomic mass is 10.0. The summed E-state index contributed by atoms with van der Waals surface area (Å²) >= 11 is 5.36. The summed E-state index contributed by atoms with van der Waals surface area (Å²) in [6.45, 7) is 3.96. The van der Waals surface area contributed by atoms with E-state index in [9.17, 15) is 19.7 Å². The van der Waals surface area contributed by atoms with Gasteiger partial charge in [-0.05, 0) is 60.6 Å². The molecule has 39 heavy (non-hydrogen) atoms. The van der Waals surface area contributed by atoms with Gasteiger partial charge in [-0.2, -0.15) is 0 Å². The average molecular weight is 545 g/mol. The maximum Gasteiger partial charge on any atom is 0.344 e. The van der Waals surface area contributed by atoms with Crippen molar-refractivity contribution in [2.45, 2.75) is 6.92 Å². The van der Waals surface area contributed by atoms with Crippen LogP contribution in [0, 0.1) is 17.0 Å². The van der Waals surface area contributed by atoms with Gasteiger partial charge in [-0.1, -0.05) is 24.3 Å². The number of nitrogens with zero attached hydrogens (tertiary/aromatic N) is 2. The number of nitrogens with one attached hydrogen (secondary N) is 2. The molecule has 0 atom stereocenters. The highest BCUT2D eigenvalue weighted by Gasteiger charge is 2.23. The van der Waals surface area contributed by atoms with Crippen LogP contribution in [0.3, 0.4) is 0 Å². The number of carbonyl (C=O) groups is 1. The molecule has 11 heteroatoms. The van der Waals surface area contributed by atoms with Gasteiger partial charge in [-0.15, -0.1) is 0 Å². The van der Waals surface area contributed by atoms with E-state index in [1.54, 1.807) is 42.5 Å². The van der Waals surface area contributed by atoms with Crippen molar-refractivity contribution in [1.29, 1.82) is 0 Å². The Bertz CT molecular complexity index is 1660. The largest absolute Gasteiger partial charge is 0.422 e. The highest BCUT2D eigenvalue weighted by atomic mass is 32.1. The highest BCUT2D eigenvalue weighted by molar-refractivity contribution is 7.80. The summed E-state index contributed by atoms with van der Waals surface area (Å²) in [6.07, 6.45) is 0. The Balaban J connectivity index is 1.34. The van der Waals surface area contributed by atoms with Crippen LogP contribution in [0.2, 0.25) is 0 Å². The van der Waals surface area contributed by atoms with Crippen LogP contribution in [0.1, 0.15) is 15.9 Å². The van der Waals surface area contributed by atoms with Crippen LogP contribution in [0.4, 0.5) is 17.1 Å². The normalized spacial score (nSPS) is 13.2. The lowest BCUT2D eigenvalue weighted by molar-refractivity contribution is -0.384. The van der Waals surface area contributed by atoms with E-state index in [4.69, 9.17) is 21.4 Å².